The van der Waals surface area contributed by atoms with Gasteiger partial charge in [-0.2, -0.15) is 0 Å². The molecule has 74 valence electrons. The molecule has 0 aliphatic rings. The van der Waals surface area contributed by atoms with Crippen LogP contribution in [-0.4, -0.2) is 13.0 Å². The number of amides is 1. The van der Waals surface area contributed by atoms with Crippen LogP contribution in [0.1, 0.15) is 5.56 Å². The van der Waals surface area contributed by atoms with Crippen molar-refractivity contribution in [1.29, 1.82) is 0 Å². The second-order valence-electron chi connectivity index (χ2n) is 2.62. The van der Waals surface area contributed by atoms with E-state index in [-0.39, 0.29) is 0 Å². The minimum Gasteiger partial charge on any atom is -0.496 e. The molecular weight excluding hydrogens is 246 g/mol. The molecule has 14 heavy (non-hydrogen) atoms. The Morgan fingerprint density at radius 1 is 1.57 bits per heavy atom. The smallest absolute Gasteiger partial charge is 0.241 e. The second kappa shape index (κ2) is 4.81. The molecule has 0 saturated carbocycles. The van der Waals surface area contributed by atoms with Crippen molar-refractivity contribution < 1.29 is 9.53 Å². The van der Waals surface area contributed by atoms with Gasteiger partial charge < -0.3 is 10.5 Å². The van der Waals surface area contributed by atoms with Crippen LogP contribution in [0.4, 0.5) is 0 Å². The molecule has 0 radical (unpaired) electrons. The molecule has 0 atom stereocenters. The van der Waals surface area contributed by atoms with Crippen LogP contribution in [0.3, 0.4) is 0 Å². The van der Waals surface area contributed by atoms with E-state index in [1.54, 1.807) is 13.2 Å². The summed E-state index contributed by atoms with van der Waals surface area (Å²) in [6.07, 6.45) is 2.92. The standard InChI is InChI=1S/C10H10BrNO2/c1-14-9-6-8(11)4-2-7(9)3-5-10(12)13/h2-6H,1H3,(H2,12,13). The zero-order valence-electron chi connectivity index (χ0n) is 7.66. The summed E-state index contributed by atoms with van der Waals surface area (Å²) in [4.78, 5) is 10.5. The Bertz CT molecular complexity index is 374. The van der Waals surface area contributed by atoms with Gasteiger partial charge in [0.15, 0.2) is 0 Å². The van der Waals surface area contributed by atoms with E-state index in [2.05, 4.69) is 15.9 Å². The zero-order chi connectivity index (χ0) is 10.6. The molecule has 0 aliphatic carbocycles. The van der Waals surface area contributed by atoms with Crippen LogP contribution < -0.4 is 10.5 Å². The molecule has 1 rings (SSSR count). The Morgan fingerprint density at radius 3 is 2.86 bits per heavy atom. The molecular formula is C10H10BrNO2. The van der Waals surface area contributed by atoms with Crippen molar-refractivity contribution in [2.75, 3.05) is 7.11 Å². The molecule has 1 aromatic carbocycles. The molecule has 0 aliphatic heterocycles. The average molecular weight is 256 g/mol. The molecule has 2 N–H and O–H groups in total. The number of carbonyl (C=O) groups excluding carboxylic acids is 1. The highest BCUT2D eigenvalue weighted by molar-refractivity contribution is 9.10. The van der Waals surface area contributed by atoms with Crippen LogP contribution in [-0.2, 0) is 4.79 Å². The third kappa shape index (κ3) is 2.88. The summed E-state index contributed by atoms with van der Waals surface area (Å²) in [5.74, 6) is 0.215. The number of primary amides is 1. The topological polar surface area (TPSA) is 52.3 Å². The van der Waals surface area contributed by atoms with Gasteiger partial charge in [-0.1, -0.05) is 22.0 Å². The minimum atomic E-state index is -0.477. The van der Waals surface area contributed by atoms with Gasteiger partial charge in [-0.05, 0) is 18.2 Å². The summed E-state index contributed by atoms with van der Waals surface area (Å²) in [7, 11) is 1.57. The fourth-order valence-corrected chi connectivity index (χ4v) is 1.33. The fourth-order valence-electron chi connectivity index (χ4n) is 0.995. The van der Waals surface area contributed by atoms with Crippen molar-refractivity contribution in [3.8, 4) is 5.75 Å². The SMILES string of the molecule is COc1cc(Br)ccc1C=CC(N)=O. The van der Waals surface area contributed by atoms with Crippen LogP contribution in [0.25, 0.3) is 6.08 Å². The summed E-state index contributed by atoms with van der Waals surface area (Å²) >= 11 is 3.32. The Balaban J connectivity index is 3.02. The molecule has 0 fully saturated rings. The van der Waals surface area contributed by atoms with Gasteiger partial charge in [0, 0.05) is 16.1 Å². The highest BCUT2D eigenvalue weighted by Gasteiger charge is 1.99. The van der Waals surface area contributed by atoms with E-state index >= 15 is 0 Å². The number of hydrogen-bond donors (Lipinski definition) is 1. The zero-order valence-corrected chi connectivity index (χ0v) is 9.24. The number of ether oxygens (including phenoxy) is 1. The number of carbonyl (C=O) groups is 1. The molecule has 1 aromatic rings. The number of hydrogen-bond acceptors (Lipinski definition) is 2. The van der Waals surface area contributed by atoms with Crippen molar-refractivity contribution in [3.63, 3.8) is 0 Å². The largest absolute Gasteiger partial charge is 0.496 e. The third-order valence-electron chi connectivity index (χ3n) is 1.62. The van der Waals surface area contributed by atoms with Gasteiger partial charge in [-0.3, -0.25) is 4.79 Å². The van der Waals surface area contributed by atoms with E-state index in [1.165, 1.54) is 6.08 Å². The molecule has 0 aromatic heterocycles. The van der Waals surface area contributed by atoms with Crippen molar-refractivity contribution in [1.82, 2.24) is 0 Å². The van der Waals surface area contributed by atoms with Crippen molar-refractivity contribution in [2.45, 2.75) is 0 Å². The maximum absolute atomic E-state index is 10.5. The molecule has 4 heteroatoms. The average Bonchev–Trinajstić information content (AvgIpc) is 2.15. The third-order valence-corrected chi connectivity index (χ3v) is 2.12. The lowest BCUT2D eigenvalue weighted by atomic mass is 10.2. The van der Waals surface area contributed by atoms with Gasteiger partial charge in [-0.25, -0.2) is 0 Å². The summed E-state index contributed by atoms with van der Waals surface area (Å²) < 4.78 is 6.05. The molecule has 0 spiro atoms. The molecule has 3 nitrogen and oxygen atoms in total. The van der Waals surface area contributed by atoms with Crippen molar-refractivity contribution >= 4 is 27.9 Å². The van der Waals surface area contributed by atoms with Gasteiger partial charge in [0.25, 0.3) is 0 Å². The van der Waals surface area contributed by atoms with E-state index in [0.29, 0.717) is 5.75 Å². The van der Waals surface area contributed by atoms with Gasteiger partial charge >= 0.3 is 0 Å². The van der Waals surface area contributed by atoms with E-state index in [1.807, 2.05) is 18.2 Å². The summed E-state index contributed by atoms with van der Waals surface area (Å²) in [5, 5.41) is 0. The first-order valence-electron chi connectivity index (χ1n) is 3.94. The molecule has 0 heterocycles. The van der Waals surface area contributed by atoms with Crippen molar-refractivity contribution in [3.05, 3.63) is 34.3 Å². The highest BCUT2D eigenvalue weighted by atomic mass is 79.9. The monoisotopic (exact) mass is 255 g/mol. The van der Waals surface area contributed by atoms with Crippen molar-refractivity contribution in [2.24, 2.45) is 5.73 Å². The summed E-state index contributed by atoms with van der Waals surface area (Å²) in [6.45, 7) is 0. The Morgan fingerprint density at radius 2 is 2.29 bits per heavy atom. The van der Waals surface area contributed by atoms with E-state index in [4.69, 9.17) is 10.5 Å². The molecule has 0 bridgehead atoms. The second-order valence-corrected chi connectivity index (χ2v) is 3.54. The Kier molecular flexibility index (Phi) is 3.71. The quantitative estimate of drug-likeness (QED) is 0.840. The summed E-state index contributed by atoms with van der Waals surface area (Å²) in [5.41, 5.74) is 5.80. The van der Waals surface area contributed by atoms with Gasteiger partial charge in [0.2, 0.25) is 5.91 Å². The maximum atomic E-state index is 10.5. The fraction of sp³-hybridized carbons (Fsp3) is 0.100. The van der Waals surface area contributed by atoms with Crippen LogP contribution >= 0.6 is 15.9 Å². The Labute approximate surface area is 90.7 Å². The lowest BCUT2D eigenvalue weighted by Gasteiger charge is -2.04. The first-order valence-corrected chi connectivity index (χ1v) is 4.74. The first-order chi connectivity index (χ1) is 6.63. The maximum Gasteiger partial charge on any atom is 0.241 e. The van der Waals surface area contributed by atoms with Crippen LogP contribution in [0.5, 0.6) is 5.75 Å². The lowest BCUT2D eigenvalue weighted by Crippen LogP contribution is -2.05. The number of halogens is 1. The van der Waals surface area contributed by atoms with E-state index < -0.39 is 5.91 Å². The first kappa shape index (κ1) is 10.8. The van der Waals surface area contributed by atoms with E-state index in [0.717, 1.165) is 10.0 Å². The van der Waals surface area contributed by atoms with Gasteiger partial charge in [-0.15, -0.1) is 0 Å². The Hall–Kier alpha value is -1.29. The normalized spacial score (nSPS) is 10.4. The number of nitrogens with two attached hydrogens (primary N) is 1. The molecule has 0 unspecified atom stereocenters. The minimum absolute atomic E-state index is 0.477. The molecule has 0 saturated heterocycles. The predicted octanol–water partition coefficient (Wildman–Crippen LogP) is 1.96. The van der Waals surface area contributed by atoms with E-state index in [9.17, 15) is 4.79 Å². The van der Waals surface area contributed by atoms with Gasteiger partial charge in [0.1, 0.15) is 5.75 Å². The number of benzene rings is 1. The predicted molar refractivity (Wildman–Crippen MR) is 58.9 cm³/mol. The number of rotatable bonds is 3. The van der Waals surface area contributed by atoms with Crippen LogP contribution in [0.15, 0.2) is 28.7 Å². The van der Waals surface area contributed by atoms with Crippen LogP contribution in [0.2, 0.25) is 0 Å². The van der Waals surface area contributed by atoms with Crippen LogP contribution in [0, 0.1) is 0 Å². The van der Waals surface area contributed by atoms with Gasteiger partial charge in [0.05, 0.1) is 7.11 Å². The molecule has 1 amide bonds. The number of methoxy groups -OCH3 is 1. The highest BCUT2D eigenvalue weighted by Crippen LogP contribution is 2.24. The summed E-state index contributed by atoms with van der Waals surface area (Å²) in [6, 6.07) is 5.52. The lowest BCUT2D eigenvalue weighted by molar-refractivity contribution is -0.113.